The molecule has 0 aromatic rings. The molecule has 0 aromatic carbocycles. The molecule has 0 rings (SSSR count). The molecule has 0 saturated heterocycles. The van der Waals surface area contributed by atoms with Gasteiger partial charge >= 0.3 is 34.4 Å². The van der Waals surface area contributed by atoms with Crippen LogP contribution in [-0.4, -0.2) is 22.3 Å². The van der Waals surface area contributed by atoms with Crippen LogP contribution in [-0.2, 0) is 26.2 Å². The van der Waals surface area contributed by atoms with E-state index in [0.717, 1.165) is 0 Å². The zero-order valence-corrected chi connectivity index (χ0v) is 9.18. The van der Waals surface area contributed by atoms with Crippen LogP contribution in [0.3, 0.4) is 0 Å². The van der Waals surface area contributed by atoms with Gasteiger partial charge in [0.05, 0.1) is 7.82 Å². The Morgan fingerprint density at radius 2 is 0.917 bits per heavy atom. The van der Waals surface area contributed by atoms with Crippen LogP contribution >= 0.6 is 15.6 Å². The fourth-order valence-corrected chi connectivity index (χ4v) is 0. The van der Waals surface area contributed by atoms with Gasteiger partial charge in [-0.3, -0.25) is 0 Å². The molecule has 0 amide bonds. The Balaban J connectivity index is -0.0000000457. The molecule has 0 spiro atoms. The van der Waals surface area contributed by atoms with E-state index in [2.05, 4.69) is 0 Å². The molecule has 0 fully saturated rings. The average molecular weight is 274 g/mol. The third-order valence-corrected chi connectivity index (χ3v) is 0. The molecule has 12 heavy (non-hydrogen) atoms. The molecule has 1 N–H and O–H groups in total. The normalized spacial score (nSPS) is 9.83. The van der Waals surface area contributed by atoms with E-state index in [4.69, 9.17) is 38.5 Å². The maximum Gasteiger partial charge on any atom is 3.00 e. The molecule has 0 unspecified atom stereocenters. The predicted octanol–water partition coefficient (Wildman–Crippen LogP) is -5.40. The Hall–Kier alpha value is 1.27. The molecule has 8 nitrogen and oxygen atoms in total. The number of hydrogen-bond acceptors (Lipinski definition) is 7. The van der Waals surface area contributed by atoms with E-state index < -0.39 is 15.6 Å². The summed E-state index contributed by atoms with van der Waals surface area (Å²) in [5.41, 5.74) is 0. The largest absolute Gasteiger partial charge is 3.00 e. The van der Waals surface area contributed by atoms with Crippen molar-refractivity contribution in [3.05, 3.63) is 0 Å². The van der Waals surface area contributed by atoms with Crippen LogP contribution in [0, 0.1) is 0 Å². The van der Waals surface area contributed by atoms with E-state index in [9.17, 15) is 0 Å². The summed E-state index contributed by atoms with van der Waals surface area (Å²) >= 11 is 0. The summed E-state index contributed by atoms with van der Waals surface area (Å²) in [5.74, 6) is 0. The molecular weight excluding hydrogens is 273 g/mol. The van der Waals surface area contributed by atoms with Crippen LogP contribution in [0.4, 0.5) is 0 Å². The molecule has 0 aromatic heterocycles. The van der Waals surface area contributed by atoms with Crippen molar-refractivity contribution < 1.29 is 55.6 Å². The molecule has 12 heteroatoms. The van der Waals surface area contributed by atoms with Gasteiger partial charge < -0.3 is 38.5 Å². The fraction of sp³-hybridized carbons (Fsp3) is 0. The first kappa shape index (κ1) is 23.2. The summed E-state index contributed by atoms with van der Waals surface area (Å²) < 4.78 is 17.2. The quantitative estimate of drug-likeness (QED) is 0.336. The first-order valence-corrected chi connectivity index (χ1v) is 4.43. The van der Waals surface area contributed by atoms with Crippen molar-refractivity contribution in [1.29, 1.82) is 0 Å². The van der Waals surface area contributed by atoms with Gasteiger partial charge in [-0.05, 0) is 0 Å². The number of hydrogen-bond donors (Lipinski definition) is 1. The second kappa shape index (κ2) is 8.85. The van der Waals surface area contributed by atoms with Gasteiger partial charge in [0, 0.05) is 0 Å². The number of rotatable bonds is 0. The molecule has 0 aliphatic carbocycles. The van der Waals surface area contributed by atoms with Gasteiger partial charge in [0.1, 0.15) is 0 Å². The fourth-order valence-electron chi connectivity index (χ4n) is 0. The summed E-state index contributed by atoms with van der Waals surface area (Å²) in [5, 5.41) is 0. The zero-order valence-electron chi connectivity index (χ0n) is 5.13. The monoisotopic (exact) mass is 274 g/mol. The van der Waals surface area contributed by atoms with E-state index in [1.165, 1.54) is 0 Å². The average Bonchev–Trinajstić information content (AvgIpc) is 1.12. The second-order valence-corrected chi connectivity index (χ2v) is 2.75. The smallest absolute Gasteiger partial charge is 0.822 e. The summed E-state index contributed by atoms with van der Waals surface area (Å²) in [6.07, 6.45) is 0. The van der Waals surface area contributed by atoms with Crippen LogP contribution < -0.4 is 24.5 Å². The van der Waals surface area contributed by atoms with Gasteiger partial charge in [0.15, 0.2) is 0 Å². The maximum absolute atomic E-state index is 8.66. The summed E-state index contributed by atoms with van der Waals surface area (Å²) in [6.45, 7) is 0. The molecule has 0 saturated carbocycles. The van der Waals surface area contributed by atoms with Gasteiger partial charge in [-0.25, -0.2) is 0 Å². The van der Waals surface area contributed by atoms with Gasteiger partial charge in [-0.2, -0.15) is 7.82 Å². The van der Waals surface area contributed by atoms with E-state index in [1.807, 2.05) is 0 Å². The minimum atomic E-state index is -5.39. The van der Waals surface area contributed by atoms with Crippen molar-refractivity contribution in [3.8, 4) is 0 Å². The standard InChI is InChI=1S/Al.Fe.2H3O4P/c;;2*1-5(2,3)4/h;;2*(H3,1,2,3,4)/q+3;+2;;/p-5. The second-order valence-electron chi connectivity index (χ2n) is 0.916. The van der Waals surface area contributed by atoms with Crippen molar-refractivity contribution in [3.63, 3.8) is 0 Å². The Morgan fingerprint density at radius 3 is 0.917 bits per heavy atom. The molecular formula is HAlFeO8P2. The van der Waals surface area contributed by atoms with Crippen molar-refractivity contribution in [1.82, 2.24) is 0 Å². The van der Waals surface area contributed by atoms with Gasteiger partial charge in [0.2, 0.25) is 0 Å². The van der Waals surface area contributed by atoms with Crippen molar-refractivity contribution in [2.24, 2.45) is 0 Å². The van der Waals surface area contributed by atoms with E-state index in [-0.39, 0.29) is 34.4 Å². The van der Waals surface area contributed by atoms with Gasteiger partial charge in [-0.1, -0.05) is 0 Å². The molecule has 70 valence electrons. The van der Waals surface area contributed by atoms with Crippen molar-refractivity contribution in [2.45, 2.75) is 0 Å². The molecule has 0 aliphatic heterocycles. The molecule has 0 heterocycles. The minimum Gasteiger partial charge on any atom is -0.822 e. The molecule has 0 bridgehead atoms. The molecule has 0 radical (unpaired) electrons. The van der Waals surface area contributed by atoms with Crippen LogP contribution in [0.15, 0.2) is 0 Å². The van der Waals surface area contributed by atoms with Crippen molar-refractivity contribution in [2.75, 3.05) is 0 Å². The Morgan fingerprint density at radius 1 is 0.917 bits per heavy atom. The van der Waals surface area contributed by atoms with Crippen LogP contribution in [0.25, 0.3) is 0 Å². The SMILES string of the molecule is O=P([O-])([O-])O.O=P([O-])([O-])[O-].[Al+3].[Fe+2]. The van der Waals surface area contributed by atoms with Crippen LogP contribution in [0.1, 0.15) is 0 Å². The van der Waals surface area contributed by atoms with E-state index in [0.29, 0.717) is 0 Å². The maximum atomic E-state index is 8.66. The summed E-state index contributed by atoms with van der Waals surface area (Å²) in [4.78, 5) is 49.9. The van der Waals surface area contributed by atoms with Gasteiger partial charge in [0.25, 0.3) is 0 Å². The number of phosphoric acid groups is 2. The Bertz CT molecular complexity index is 129. The Labute approximate surface area is 88.7 Å². The van der Waals surface area contributed by atoms with E-state index in [1.54, 1.807) is 0 Å². The molecule has 0 aliphatic rings. The third kappa shape index (κ3) is 735. The third-order valence-electron chi connectivity index (χ3n) is 0. The predicted molar refractivity (Wildman–Crippen MR) is 23.2 cm³/mol. The van der Waals surface area contributed by atoms with E-state index >= 15 is 0 Å². The first-order chi connectivity index (χ1) is 4.00. The van der Waals surface area contributed by atoms with Crippen molar-refractivity contribution >= 4 is 33.0 Å². The minimum absolute atomic E-state index is 0. The summed E-state index contributed by atoms with van der Waals surface area (Å²) in [7, 11) is -10.5. The Kier molecular flexibility index (Phi) is 17.2. The van der Waals surface area contributed by atoms with Gasteiger partial charge in [-0.15, -0.1) is 0 Å². The zero-order chi connectivity index (χ0) is 9.00. The van der Waals surface area contributed by atoms with Crippen LogP contribution in [0.2, 0.25) is 0 Å². The first-order valence-electron chi connectivity index (χ1n) is 1.48. The molecule has 0 atom stereocenters. The summed E-state index contributed by atoms with van der Waals surface area (Å²) in [6, 6.07) is 0. The van der Waals surface area contributed by atoms with Crippen LogP contribution in [0.5, 0.6) is 0 Å². The topological polar surface area (TPSA) is 170 Å².